The molecule has 0 aliphatic rings. The van der Waals surface area contributed by atoms with Crippen LogP contribution < -0.4 is 5.32 Å². The highest BCUT2D eigenvalue weighted by Gasteiger charge is 2.37. The van der Waals surface area contributed by atoms with Crippen LogP contribution in [0.5, 0.6) is 0 Å². The molecule has 12 heteroatoms. The first kappa shape index (κ1) is 32.6. The fourth-order valence-corrected chi connectivity index (χ4v) is 2.74. The summed E-state index contributed by atoms with van der Waals surface area (Å²) in [6.45, 7) is 10.6. The standard InChI is InChI=1S/C18H12ClF3N4O3.C3H6.C2H6.CH3Cl/c1-10-8-16(18(20,21)22)25(24-10)14-7-2-11(9-15(14)26(28)29)17(27)23-13-5-3-12(19)4-6-13;1-3-2;2*1-2/h2-9H,1H3,(H,23,27);3H,1H2,2H3;1-2H3;1H3. The van der Waals surface area contributed by atoms with Crippen LogP contribution in [-0.4, -0.2) is 27.0 Å². The third kappa shape index (κ3) is 9.35. The zero-order chi connectivity index (χ0) is 28.1. The number of nitrogens with zero attached hydrogens (tertiary/aromatic N) is 3. The van der Waals surface area contributed by atoms with Crippen molar-refractivity contribution in [3.05, 3.63) is 93.3 Å². The van der Waals surface area contributed by atoms with Crippen molar-refractivity contribution in [2.24, 2.45) is 0 Å². The third-order valence-corrected chi connectivity index (χ3v) is 4.14. The molecule has 0 atom stereocenters. The molecule has 196 valence electrons. The average Bonchev–Trinajstić information content (AvgIpc) is 3.25. The van der Waals surface area contributed by atoms with Crippen molar-refractivity contribution >= 4 is 40.5 Å². The Bertz CT molecular complexity index is 1150. The highest BCUT2D eigenvalue weighted by atomic mass is 35.5. The minimum atomic E-state index is -4.76. The van der Waals surface area contributed by atoms with Gasteiger partial charge in [0, 0.05) is 28.7 Å². The summed E-state index contributed by atoms with van der Waals surface area (Å²) in [6, 6.07) is 10.1. The Balaban J connectivity index is 0.00000159. The summed E-state index contributed by atoms with van der Waals surface area (Å²) in [5.74, 6) is -0.672. The van der Waals surface area contributed by atoms with E-state index in [1.165, 1.54) is 31.5 Å². The lowest BCUT2D eigenvalue weighted by Gasteiger charge is -2.11. The largest absolute Gasteiger partial charge is 0.433 e. The number of nitro benzene ring substituents is 1. The molecule has 0 fully saturated rings. The van der Waals surface area contributed by atoms with Crippen molar-refractivity contribution in [3.63, 3.8) is 0 Å². The number of aryl methyl sites for hydroxylation is 1. The topological polar surface area (TPSA) is 90.1 Å². The molecule has 0 spiro atoms. The Kier molecular flexibility index (Phi) is 14.1. The Hall–Kier alpha value is -3.37. The van der Waals surface area contributed by atoms with E-state index in [1.807, 2.05) is 20.8 Å². The summed E-state index contributed by atoms with van der Waals surface area (Å²) >= 11 is 10.4. The van der Waals surface area contributed by atoms with Gasteiger partial charge < -0.3 is 5.32 Å². The van der Waals surface area contributed by atoms with E-state index in [0.717, 1.165) is 18.2 Å². The normalized spacial score (nSPS) is 9.83. The molecule has 1 heterocycles. The van der Waals surface area contributed by atoms with Gasteiger partial charge in [0.1, 0.15) is 11.4 Å². The number of allylic oxidation sites excluding steroid dienone is 1. The first-order valence-corrected chi connectivity index (χ1v) is 11.6. The lowest BCUT2D eigenvalue weighted by Crippen LogP contribution is -2.16. The van der Waals surface area contributed by atoms with Gasteiger partial charge in [0.15, 0.2) is 0 Å². The van der Waals surface area contributed by atoms with E-state index in [4.69, 9.17) is 11.6 Å². The molecule has 0 unspecified atom stereocenters. The number of carbonyl (C=O) groups is 1. The van der Waals surface area contributed by atoms with Gasteiger partial charge in [-0.25, -0.2) is 4.68 Å². The molecule has 1 amide bonds. The van der Waals surface area contributed by atoms with Gasteiger partial charge in [-0.15, -0.1) is 18.2 Å². The summed E-state index contributed by atoms with van der Waals surface area (Å²) in [7, 11) is 0. The molecule has 3 rings (SSSR count). The monoisotopic (exact) mass is 546 g/mol. The second-order valence-electron chi connectivity index (χ2n) is 6.41. The number of aromatic nitrogens is 2. The van der Waals surface area contributed by atoms with E-state index < -0.39 is 34.1 Å². The number of nitrogens with one attached hydrogen (secondary N) is 1. The number of alkyl halides is 4. The van der Waals surface area contributed by atoms with Gasteiger partial charge in [0.25, 0.3) is 11.6 Å². The number of anilines is 1. The fraction of sp³-hybridized carbons (Fsp3) is 0.250. The second kappa shape index (κ2) is 15.6. The van der Waals surface area contributed by atoms with Gasteiger partial charge in [0.05, 0.1) is 10.6 Å². The quantitative estimate of drug-likeness (QED) is 0.155. The highest BCUT2D eigenvalue weighted by Crippen LogP contribution is 2.34. The van der Waals surface area contributed by atoms with Crippen molar-refractivity contribution in [3.8, 4) is 5.69 Å². The van der Waals surface area contributed by atoms with Gasteiger partial charge in [-0.3, -0.25) is 14.9 Å². The smallest absolute Gasteiger partial charge is 0.322 e. The van der Waals surface area contributed by atoms with E-state index in [-0.39, 0.29) is 11.3 Å². The Labute approximate surface area is 217 Å². The van der Waals surface area contributed by atoms with Crippen LogP contribution in [0.1, 0.15) is 42.5 Å². The number of benzene rings is 2. The zero-order valence-corrected chi connectivity index (χ0v) is 21.9. The fourth-order valence-electron chi connectivity index (χ4n) is 2.61. The number of nitro groups is 1. The number of hydrogen-bond acceptors (Lipinski definition) is 4. The first-order chi connectivity index (χ1) is 17.0. The minimum Gasteiger partial charge on any atom is -0.322 e. The molecule has 2 aromatic carbocycles. The average molecular weight is 547 g/mol. The molecule has 3 aromatic rings. The van der Waals surface area contributed by atoms with E-state index in [9.17, 15) is 28.1 Å². The number of rotatable bonds is 4. The molecule has 7 nitrogen and oxygen atoms in total. The first-order valence-electron chi connectivity index (χ1n) is 10.4. The van der Waals surface area contributed by atoms with E-state index in [1.54, 1.807) is 18.2 Å². The lowest BCUT2D eigenvalue weighted by molar-refractivity contribution is -0.384. The molecule has 0 radical (unpaired) electrons. The maximum atomic E-state index is 13.3. The van der Waals surface area contributed by atoms with Crippen molar-refractivity contribution in [2.45, 2.75) is 33.9 Å². The number of halogens is 5. The van der Waals surface area contributed by atoms with Crippen LogP contribution in [0.25, 0.3) is 5.69 Å². The summed E-state index contributed by atoms with van der Waals surface area (Å²) < 4.78 is 40.2. The number of amides is 1. The summed E-state index contributed by atoms with van der Waals surface area (Å²) in [5, 5.41) is 18.2. The van der Waals surface area contributed by atoms with Crippen LogP contribution >= 0.6 is 23.2 Å². The van der Waals surface area contributed by atoms with Crippen molar-refractivity contribution in [1.29, 1.82) is 0 Å². The van der Waals surface area contributed by atoms with Gasteiger partial charge in [0.2, 0.25) is 0 Å². The molecule has 0 aliphatic heterocycles. The third-order valence-electron chi connectivity index (χ3n) is 3.89. The lowest BCUT2D eigenvalue weighted by atomic mass is 10.1. The van der Waals surface area contributed by atoms with Crippen LogP contribution in [0, 0.1) is 17.0 Å². The second-order valence-corrected chi connectivity index (χ2v) is 6.85. The Morgan fingerprint density at radius 1 is 1.14 bits per heavy atom. The molecule has 0 saturated heterocycles. The van der Waals surface area contributed by atoms with Crippen molar-refractivity contribution in [2.75, 3.05) is 11.7 Å². The van der Waals surface area contributed by atoms with Crippen LogP contribution in [-0.2, 0) is 6.18 Å². The van der Waals surface area contributed by atoms with E-state index in [0.29, 0.717) is 15.4 Å². The van der Waals surface area contributed by atoms with Gasteiger partial charge >= 0.3 is 6.18 Å². The summed E-state index contributed by atoms with van der Waals surface area (Å²) in [6.07, 6.45) is -1.54. The molecule has 36 heavy (non-hydrogen) atoms. The SMILES string of the molecule is C=CC.CC.CCl.Cc1cc(C(F)(F)F)n(-c2ccc(C(=O)Nc3ccc(Cl)cc3)cc2[N+](=O)[O-])n1. The predicted octanol–water partition coefficient (Wildman–Crippen LogP) is 8.09. The van der Waals surface area contributed by atoms with Crippen LogP contribution in [0.4, 0.5) is 24.5 Å². The summed E-state index contributed by atoms with van der Waals surface area (Å²) in [5.41, 5.74) is -1.92. The molecule has 1 aromatic heterocycles. The molecular weight excluding hydrogens is 520 g/mol. The Morgan fingerprint density at radius 2 is 1.67 bits per heavy atom. The highest BCUT2D eigenvalue weighted by molar-refractivity contribution is 6.30. The molecular formula is C24H27Cl2F3N4O3. The maximum Gasteiger partial charge on any atom is 0.433 e. The van der Waals surface area contributed by atoms with Crippen molar-refractivity contribution < 1.29 is 22.9 Å². The zero-order valence-electron chi connectivity index (χ0n) is 20.4. The van der Waals surface area contributed by atoms with E-state index >= 15 is 0 Å². The van der Waals surface area contributed by atoms with Crippen LogP contribution in [0.15, 0.2) is 61.2 Å². The van der Waals surface area contributed by atoms with Gasteiger partial charge in [-0.05, 0) is 56.3 Å². The number of hydrogen-bond donors (Lipinski definition) is 1. The molecule has 1 N–H and O–H groups in total. The van der Waals surface area contributed by atoms with Gasteiger partial charge in [-0.1, -0.05) is 31.5 Å². The number of carbonyl (C=O) groups excluding carboxylic acids is 1. The predicted molar refractivity (Wildman–Crippen MR) is 138 cm³/mol. The molecule has 0 saturated carbocycles. The minimum absolute atomic E-state index is 0.0381. The Morgan fingerprint density at radius 3 is 2.14 bits per heavy atom. The van der Waals surface area contributed by atoms with Crippen LogP contribution in [0.3, 0.4) is 0 Å². The maximum absolute atomic E-state index is 13.3. The van der Waals surface area contributed by atoms with Gasteiger partial charge in [-0.2, -0.15) is 18.3 Å². The summed E-state index contributed by atoms with van der Waals surface area (Å²) in [4.78, 5) is 23.0. The van der Waals surface area contributed by atoms with E-state index in [2.05, 4.69) is 28.6 Å². The van der Waals surface area contributed by atoms with Crippen LogP contribution in [0.2, 0.25) is 5.02 Å². The van der Waals surface area contributed by atoms with Crippen molar-refractivity contribution in [1.82, 2.24) is 9.78 Å². The molecule has 0 bridgehead atoms. The molecule has 0 aliphatic carbocycles.